The number of nitrogens with zero attached hydrogens (tertiary/aromatic N) is 1. The number of hydrogen-bond donors (Lipinski definition) is 1. The van der Waals surface area contributed by atoms with Crippen LogP contribution in [0.25, 0.3) is 0 Å². The highest BCUT2D eigenvalue weighted by Crippen LogP contribution is 2.14. The van der Waals surface area contributed by atoms with Gasteiger partial charge in [-0.1, -0.05) is 28.1 Å². The van der Waals surface area contributed by atoms with Gasteiger partial charge in [0.25, 0.3) is 0 Å². The lowest BCUT2D eigenvalue weighted by atomic mass is 10.1. The predicted molar refractivity (Wildman–Crippen MR) is 89.3 cm³/mol. The summed E-state index contributed by atoms with van der Waals surface area (Å²) in [5.74, 6) is 0.789. The van der Waals surface area contributed by atoms with Gasteiger partial charge in [-0.15, -0.1) is 0 Å². The normalized spacial score (nSPS) is 11.4. The first-order valence-electron chi connectivity index (χ1n) is 6.99. The van der Waals surface area contributed by atoms with Crippen LogP contribution in [0.5, 0.6) is 5.75 Å². The molecule has 0 aliphatic heterocycles. The molecule has 0 radical (unpaired) electrons. The molecule has 1 aromatic heterocycles. The highest BCUT2D eigenvalue weighted by molar-refractivity contribution is 9.10. The van der Waals surface area contributed by atoms with E-state index in [0.29, 0.717) is 6.61 Å². The van der Waals surface area contributed by atoms with Gasteiger partial charge in [-0.3, -0.25) is 4.98 Å². The van der Waals surface area contributed by atoms with E-state index >= 15 is 0 Å². The molecular formula is C17H21BrN2O. The Morgan fingerprint density at radius 1 is 1.10 bits per heavy atom. The van der Waals surface area contributed by atoms with Gasteiger partial charge in [0.2, 0.25) is 0 Å². The van der Waals surface area contributed by atoms with Gasteiger partial charge in [-0.05, 0) is 50.6 Å². The number of benzene rings is 1. The summed E-state index contributed by atoms with van der Waals surface area (Å²) < 4.78 is 6.81. The summed E-state index contributed by atoms with van der Waals surface area (Å²) in [5.41, 5.74) is 2.25. The summed E-state index contributed by atoms with van der Waals surface area (Å²) in [6.45, 7) is 7.74. The monoisotopic (exact) mass is 348 g/mol. The lowest BCUT2D eigenvalue weighted by Gasteiger charge is -2.20. The maximum atomic E-state index is 5.73. The Bertz CT molecular complexity index is 559. The molecule has 1 aromatic carbocycles. The zero-order chi connectivity index (χ0) is 15.3. The van der Waals surface area contributed by atoms with Crippen LogP contribution in [-0.4, -0.2) is 10.5 Å². The van der Waals surface area contributed by atoms with Crippen LogP contribution < -0.4 is 10.1 Å². The molecule has 112 valence electrons. The molecule has 21 heavy (non-hydrogen) atoms. The molecule has 0 aliphatic rings. The average Bonchev–Trinajstić information content (AvgIpc) is 2.45. The minimum Gasteiger partial charge on any atom is -0.487 e. The molecule has 0 spiro atoms. The number of pyridine rings is 1. The van der Waals surface area contributed by atoms with Crippen molar-refractivity contribution < 1.29 is 4.74 Å². The number of rotatable bonds is 5. The van der Waals surface area contributed by atoms with Crippen LogP contribution in [-0.2, 0) is 13.2 Å². The van der Waals surface area contributed by atoms with Crippen LogP contribution in [0, 0.1) is 0 Å². The zero-order valence-corrected chi connectivity index (χ0v) is 14.3. The second-order valence-electron chi connectivity index (χ2n) is 6.00. The smallest absolute Gasteiger partial charge is 0.138 e. The average molecular weight is 349 g/mol. The molecule has 1 N–H and O–H groups in total. The fraction of sp³-hybridized carbons (Fsp3) is 0.353. The van der Waals surface area contributed by atoms with Crippen molar-refractivity contribution in [3.05, 3.63) is 58.3 Å². The largest absolute Gasteiger partial charge is 0.487 e. The van der Waals surface area contributed by atoms with Crippen LogP contribution in [0.15, 0.2) is 47.1 Å². The number of hydrogen-bond acceptors (Lipinski definition) is 3. The summed E-state index contributed by atoms with van der Waals surface area (Å²) in [7, 11) is 0. The SMILES string of the molecule is CC(C)(C)NCc1ccc(OCc2ccc(Br)cc2)cn1. The first-order valence-corrected chi connectivity index (χ1v) is 7.79. The topological polar surface area (TPSA) is 34.1 Å². The minimum atomic E-state index is 0.0957. The molecule has 3 nitrogen and oxygen atoms in total. The van der Waals surface area contributed by atoms with Gasteiger partial charge in [-0.25, -0.2) is 0 Å². The summed E-state index contributed by atoms with van der Waals surface area (Å²) in [6.07, 6.45) is 1.78. The summed E-state index contributed by atoms with van der Waals surface area (Å²) in [5, 5.41) is 3.41. The number of ether oxygens (including phenoxy) is 1. The van der Waals surface area contributed by atoms with Gasteiger partial charge in [-0.2, -0.15) is 0 Å². The van der Waals surface area contributed by atoms with Crippen molar-refractivity contribution in [1.29, 1.82) is 0 Å². The van der Waals surface area contributed by atoms with E-state index in [4.69, 9.17) is 4.74 Å². The molecule has 2 aromatic rings. The molecular weight excluding hydrogens is 328 g/mol. The van der Waals surface area contributed by atoms with E-state index in [9.17, 15) is 0 Å². The van der Waals surface area contributed by atoms with E-state index in [0.717, 1.165) is 28.0 Å². The van der Waals surface area contributed by atoms with Crippen molar-refractivity contribution in [2.45, 2.75) is 39.5 Å². The number of nitrogens with one attached hydrogen (secondary N) is 1. The molecule has 0 saturated heterocycles. The molecule has 0 fully saturated rings. The Morgan fingerprint density at radius 2 is 1.81 bits per heavy atom. The first-order chi connectivity index (χ1) is 9.92. The number of aromatic nitrogens is 1. The second-order valence-corrected chi connectivity index (χ2v) is 6.92. The Kier molecular flexibility index (Phi) is 5.37. The maximum absolute atomic E-state index is 5.73. The minimum absolute atomic E-state index is 0.0957. The van der Waals surface area contributed by atoms with E-state index in [-0.39, 0.29) is 5.54 Å². The van der Waals surface area contributed by atoms with Gasteiger partial charge in [0.05, 0.1) is 11.9 Å². The molecule has 0 aliphatic carbocycles. The first kappa shape index (κ1) is 16.0. The summed E-state index contributed by atoms with van der Waals surface area (Å²) in [4.78, 5) is 4.41. The van der Waals surface area contributed by atoms with Crippen molar-refractivity contribution in [3.63, 3.8) is 0 Å². The quantitative estimate of drug-likeness (QED) is 0.873. The van der Waals surface area contributed by atoms with Crippen molar-refractivity contribution in [3.8, 4) is 5.75 Å². The van der Waals surface area contributed by atoms with Crippen LogP contribution >= 0.6 is 15.9 Å². The molecule has 0 saturated carbocycles. The predicted octanol–water partition coefficient (Wildman–Crippen LogP) is 4.31. The van der Waals surface area contributed by atoms with Crippen LogP contribution in [0.3, 0.4) is 0 Å². The highest BCUT2D eigenvalue weighted by atomic mass is 79.9. The molecule has 0 unspecified atom stereocenters. The van der Waals surface area contributed by atoms with Crippen LogP contribution in [0.1, 0.15) is 32.0 Å². The third kappa shape index (κ3) is 5.86. The molecule has 2 rings (SSSR count). The van der Waals surface area contributed by atoms with Crippen LogP contribution in [0.4, 0.5) is 0 Å². The van der Waals surface area contributed by atoms with Gasteiger partial charge in [0.1, 0.15) is 12.4 Å². The standard InChI is InChI=1S/C17H21BrN2O/c1-17(2,3)20-10-15-8-9-16(11-19-15)21-12-13-4-6-14(18)7-5-13/h4-9,11,20H,10,12H2,1-3H3. The van der Waals surface area contributed by atoms with Gasteiger partial charge < -0.3 is 10.1 Å². The van der Waals surface area contributed by atoms with Crippen molar-refractivity contribution in [2.24, 2.45) is 0 Å². The maximum Gasteiger partial charge on any atom is 0.138 e. The second kappa shape index (κ2) is 7.05. The molecule has 0 bridgehead atoms. The third-order valence-corrected chi connectivity index (χ3v) is 3.44. The van der Waals surface area contributed by atoms with E-state index in [2.05, 4.69) is 47.0 Å². The molecule has 0 amide bonds. The Balaban J connectivity index is 1.86. The van der Waals surface area contributed by atoms with Gasteiger partial charge >= 0.3 is 0 Å². The Morgan fingerprint density at radius 3 is 2.38 bits per heavy atom. The summed E-state index contributed by atoms with van der Waals surface area (Å²) in [6, 6.07) is 12.1. The molecule has 0 atom stereocenters. The van der Waals surface area contributed by atoms with Crippen molar-refractivity contribution in [2.75, 3.05) is 0 Å². The van der Waals surface area contributed by atoms with Crippen molar-refractivity contribution in [1.82, 2.24) is 10.3 Å². The third-order valence-electron chi connectivity index (χ3n) is 2.92. The lowest BCUT2D eigenvalue weighted by molar-refractivity contribution is 0.304. The lowest BCUT2D eigenvalue weighted by Crippen LogP contribution is -2.35. The van der Waals surface area contributed by atoms with Crippen LogP contribution in [0.2, 0.25) is 0 Å². The number of halogens is 1. The fourth-order valence-electron chi connectivity index (χ4n) is 1.70. The zero-order valence-electron chi connectivity index (χ0n) is 12.7. The van der Waals surface area contributed by atoms with Gasteiger partial charge in [0, 0.05) is 16.6 Å². The summed E-state index contributed by atoms with van der Waals surface area (Å²) >= 11 is 3.42. The van der Waals surface area contributed by atoms with Gasteiger partial charge in [0.15, 0.2) is 0 Å². The Hall–Kier alpha value is -1.39. The van der Waals surface area contributed by atoms with E-state index in [1.54, 1.807) is 6.20 Å². The highest BCUT2D eigenvalue weighted by Gasteiger charge is 2.08. The van der Waals surface area contributed by atoms with E-state index in [1.807, 2.05) is 36.4 Å². The van der Waals surface area contributed by atoms with E-state index < -0.39 is 0 Å². The van der Waals surface area contributed by atoms with Crippen molar-refractivity contribution >= 4 is 15.9 Å². The van der Waals surface area contributed by atoms with E-state index in [1.165, 1.54) is 0 Å². The molecule has 4 heteroatoms. The Labute approximate surface area is 134 Å². The fourth-order valence-corrected chi connectivity index (χ4v) is 1.97. The molecule has 1 heterocycles.